The second-order valence-electron chi connectivity index (χ2n) is 9.57. The van der Waals surface area contributed by atoms with Crippen LogP contribution in [0.15, 0.2) is 42.5 Å². The van der Waals surface area contributed by atoms with Gasteiger partial charge in [0.05, 0.1) is 24.6 Å². The van der Waals surface area contributed by atoms with Crippen LogP contribution in [0.5, 0.6) is 0 Å². The zero-order valence-corrected chi connectivity index (χ0v) is 24.2. The Morgan fingerprint density at radius 2 is 1.88 bits per heavy atom. The van der Waals surface area contributed by atoms with Gasteiger partial charge >= 0.3 is 6.03 Å². The van der Waals surface area contributed by atoms with Gasteiger partial charge in [0.2, 0.25) is 15.9 Å². The van der Waals surface area contributed by atoms with Crippen LogP contribution in [-0.4, -0.2) is 86.2 Å². The van der Waals surface area contributed by atoms with Crippen LogP contribution < -0.4 is 5.32 Å². The van der Waals surface area contributed by atoms with Gasteiger partial charge in [0.15, 0.2) is 0 Å². The number of carbonyl (C=O) groups excluding carboxylic acids is 2. The number of nitrogens with one attached hydrogen (secondary N) is 1. The Morgan fingerprint density at radius 1 is 1.15 bits per heavy atom. The molecule has 220 valence electrons. The van der Waals surface area contributed by atoms with E-state index >= 15 is 0 Å². The number of rotatable bonds is 12. The zero-order valence-electron chi connectivity index (χ0n) is 22.6. The van der Waals surface area contributed by atoms with Crippen LogP contribution in [0.3, 0.4) is 0 Å². The minimum Gasteiger partial charge on any atom is -0.383 e. The largest absolute Gasteiger partial charge is 0.383 e. The summed E-state index contributed by atoms with van der Waals surface area (Å²) in [5.41, 5.74) is 0.656. The van der Waals surface area contributed by atoms with Crippen LogP contribution >= 0.6 is 11.6 Å². The normalized spacial score (nSPS) is 14.4. The van der Waals surface area contributed by atoms with E-state index in [1.807, 2.05) is 6.07 Å². The summed E-state index contributed by atoms with van der Waals surface area (Å²) in [7, 11) is -2.21. The predicted molar refractivity (Wildman–Crippen MR) is 150 cm³/mol. The Morgan fingerprint density at radius 3 is 2.50 bits per heavy atom. The molecule has 0 bridgehead atoms. The van der Waals surface area contributed by atoms with Crippen molar-refractivity contribution in [3.05, 3.63) is 64.7 Å². The minimum atomic E-state index is -3.67. The van der Waals surface area contributed by atoms with Gasteiger partial charge in [0.1, 0.15) is 11.6 Å². The summed E-state index contributed by atoms with van der Waals surface area (Å²) in [6, 6.07) is 9.17. The van der Waals surface area contributed by atoms with Gasteiger partial charge in [-0.2, -0.15) is 4.31 Å². The van der Waals surface area contributed by atoms with Crippen molar-refractivity contribution < 1.29 is 31.5 Å². The van der Waals surface area contributed by atoms with Crippen molar-refractivity contribution in [1.29, 1.82) is 0 Å². The molecular formula is C27H35ClF2N4O5S. The first-order chi connectivity index (χ1) is 19.0. The van der Waals surface area contributed by atoms with E-state index in [1.54, 1.807) is 30.0 Å². The predicted octanol–water partition coefficient (Wildman–Crippen LogP) is 4.33. The first-order valence-electron chi connectivity index (χ1n) is 13.1. The molecule has 0 spiro atoms. The summed E-state index contributed by atoms with van der Waals surface area (Å²) in [4.78, 5) is 29.5. The van der Waals surface area contributed by atoms with Crippen molar-refractivity contribution in [2.75, 3.05) is 51.0 Å². The van der Waals surface area contributed by atoms with Gasteiger partial charge in [0, 0.05) is 50.4 Å². The van der Waals surface area contributed by atoms with Crippen molar-refractivity contribution in [3.63, 3.8) is 0 Å². The standard InChI is InChI=1S/C27H35ClF2N4O5S/c1-3-15-40(37,38)33(13-14-39-2)19-26(35)34(18-20-5-4-6-21(28)16-20)23-9-11-32(12-10-23)27(36)31-25-8-7-22(29)17-24(25)30/h4-8,16-17,23H,3,9-15,18-19H2,1-2H3,(H,31,36). The maximum absolute atomic E-state index is 14.0. The second kappa shape index (κ2) is 14.7. The van der Waals surface area contributed by atoms with E-state index in [2.05, 4.69) is 5.32 Å². The van der Waals surface area contributed by atoms with E-state index in [0.29, 0.717) is 30.4 Å². The molecule has 3 amide bonds. The van der Waals surface area contributed by atoms with Gasteiger partial charge in [-0.25, -0.2) is 22.0 Å². The highest BCUT2D eigenvalue weighted by Gasteiger charge is 2.33. The molecule has 2 aromatic rings. The first-order valence-corrected chi connectivity index (χ1v) is 15.0. The van der Waals surface area contributed by atoms with Gasteiger partial charge in [-0.3, -0.25) is 4.79 Å². The highest BCUT2D eigenvalue weighted by atomic mass is 35.5. The number of anilines is 1. The van der Waals surface area contributed by atoms with Crippen LogP contribution in [0.25, 0.3) is 0 Å². The molecular weight excluding hydrogens is 566 g/mol. The number of carbonyl (C=O) groups is 2. The van der Waals surface area contributed by atoms with Gasteiger partial charge < -0.3 is 19.9 Å². The molecule has 13 heteroatoms. The van der Waals surface area contributed by atoms with Crippen LogP contribution in [0.4, 0.5) is 19.3 Å². The third-order valence-corrected chi connectivity index (χ3v) is 8.90. The first kappa shape index (κ1) is 31.7. The molecule has 1 heterocycles. The number of sulfonamides is 1. The lowest BCUT2D eigenvalue weighted by atomic mass is 10.0. The van der Waals surface area contributed by atoms with E-state index in [0.717, 1.165) is 22.0 Å². The van der Waals surface area contributed by atoms with E-state index in [4.69, 9.17) is 16.3 Å². The fraction of sp³-hybridized carbons (Fsp3) is 0.481. The number of hydrogen-bond acceptors (Lipinski definition) is 5. The Bertz CT molecular complexity index is 1280. The molecule has 9 nitrogen and oxygen atoms in total. The van der Waals surface area contributed by atoms with Crippen molar-refractivity contribution in [3.8, 4) is 0 Å². The third kappa shape index (κ3) is 8.85. The molecule has 2 aromatic carbocycles. The number of urea groups is 1. The number of likely N-dealkylation sites (tertiary alicyclic amines) is 1. The highest BCUT2D eigenvalue weighted by molar-refractivity contribution is 7.89. The van der Waals surface area contributed by atoms with Crippen molar-refractivity contribution in [2.24, 2.45) is 0 Å². The summed E-state index contributed by atoms with van der Waals surface area (Å²) in [5.74, 6) is -2.07. The fourth-order valence-electron chi connectivity index (χ4n) is 4.56. The van der Waals surface area contributed by atoms with Crippen LogP contribution in [0.1, 0.15) is 31.7 Å². The smallest absolute Gasteiger partial charge is 0.321 e. The summed E-state index contributed by atoms with van der Waals surface area (Å²) >= 11 is 6.17. The van der Waals surface area contributed by atoms with Crippen molar-refractivity contribution >= 4 is 39.2 Å². The molecule has 1 saturated heterocycles. The molecule has 1 fully saturated rings. The number of halogens is 3. The average molecular weight is 601 g/mol. The average Bonchev–Trinajstić information content (AvgIpc) is 2.91. The Hall–Kier alpha value is -2.80. The number of benzene rings is 2. The Balaban J connectivity index is 1.74. The molecule has 3 rings (SSSR count). The zero-order chi connectivity index (χ0) is 29.3. The van der Waals surface area contributed by atoms with E-state index < -0.39 is 27.7 Å². The fourth-order valence-corrected chi connectivity index (χ4v) is 6.20. The molecule has 0 saturated carbocycles. The monoisotopic (exact) mass is 600 g/mol. The number of methoxy groups -OCH3 is 1. The summed E-state index contributed by atoms with van der Waals surface area (Å²) in [5, 5.41) is 2.97. The van der Waals surface area contributed by atoms with E-state index in [9.17, 15) is 26.8 Å². The van der Waals surface area contributed by atoms with E-state index in [1.165, 1.54) is 12.0 Å². The minimum absolute atomic E-state index is 0.0497. The number of hydrogen-bond donors (Lipinski definition) is 1. The lowest BCUT2D eigenvalue weighted by Crippen LogP contribution is -2.52. The van der Waals surface area contributed by atoms with E-state index in [-0.39, 0.29) is 62.7 Å². The maximum Gasteiger partial charge on any atom is 0.321 e. The molecule has 1 aliphatic heterocycles. The Kier molecular flexibility index (Phi) is 11.7. The molecule has 0 radical (unpaired) electrons. The molecule has 0 unspecified atom stereocenters. The van der Waals surface area contributed by atoms with Gasteiger partial charge in [0.25, 0.3) is 0 Å². The molecule has 0 aliphatic carbocycles. The summed E-state index contributed by atoms with van der Waals surface area (Å²) in [6.07, 6.45) is 1.26. The highest BCUT2D eigenvalue weighted by Crippen LogP contribution is 2.23. The quantitative estimate of drug-likeness (QED) is 0.391. The maximum atomic E-state index is 14.0. The number of piperidine rings is 1. The van der Waals surface area contributed by atoms with Crippen LogP contribution in [0, 0.1) is 11.6 Å². The van der Waals surface area contributed by atoms with Gasteiger partial charge in [-0.1, -0.05) is 30.7 Å². The second-order valence-corrected chi connectivity index (χ2v) is 12.1. The number of amides is 3. The third-order valence-electron chi connectivity index (χ3n) is 6.64. The summed E-state index contributed by atoms with van der Waals surface area (Å²) < 4.78 is 59.2. The molecule has 1 N–H and O–H groups in total. The lowest BCUT2D eigenvalue weighted by molar-refractivity contribution is -0.135. The molecule has 1 aliphatic rings. The number of ether oxygens (including phenoxy) is 1. The molecule has 0 atom stereocenters. The Labute approximate surface area is 239 Å². The van der Waals surface area contributed by atoms with Crippen molar-refractivity contribution in [2.45, 2.75) is 38.8 Å². The van der Waals surface area contributed by atoms with Crippen LogP contribution in [-0.2, 0) is 26.1 Å². The summed E-state index contributed by atoms with van der Waals surface area (Å²) in [6.45, 7) is 2.38. The topological polar surface area (TPSA) is 99.3 Å². The lowest BCUT2D eigenvalue weighted by Gasteiger charge is -2.39. The van der Waals surface area contributed by atoms with Gasteiger partial charge in [-0.15, -0.1) is 0 Å². The SMILES string of the molecule is CCCS(=O)(=O)N(CCOC)CC(=O)N(Cc1cccc(Cl)c1)C1CCN(C(=O)Nc2ccc(F)cc2F)CC1. The molecule has 40 heavy (non-hydrogen) atoms. The van der Waals surface area contributed by atoms with Gasteiger partial charge in [-0.05, 0) is 49.1 Å². The molecule has 0 aromatic heterocycles. The van der Waals surface area contributed by atoms with Crippen LogP contribution in [0.2, 0.25) is 5.02 Å². The number of nitrogens with zero attached hydrogens (tertiary/aromatic N) is 3. The van der Waals surface area contributed by atoms with Crippen molar-refractivity contribution in [1.82, 2.24) is 14.1 Å².